The van der Waals surface area contributed by atoms with Gasteiger partial charge in [-0.25, -0.2) is 0 Å². The zero-order chi connectivity index (χ0) is 14.8. The SMILES string of the molecule is CCc1nn(C)cc1C(NC)c1ccc2ncccc2c1. The van der Waals surface area contributed by atoms with Crippen LogP contribution in [0.5, 0.6) is 0 Å². The molecule has 1 aromatic carbocycles. The van der Waals surface area contributed by atoms with Gasteiger partial charge >= 0.3 is 0 Å². The second-order valence-electron chi connectivity index (χ2n) is 5.24. The molecule has 0 bridgehead atoms. The number of pyridine rings is 1. The van der Waals surface area contributed by atoms with Crippen LogP contribution >= 0.6 is 0 Å². The largest absolute Gasteiger partial charge is 0.309 e. The molecule has 0 amide bonds. The van der Waals surface area contributed by atoms with Gasteiger partial charge in [0.25, 0.3) is 0 Å². The van der Waals surface area contributed by atoms with E-state index in [1.54, 1.807) is 0 Å². The van der Waals surface area contributed by atoms with E-state index in [1.807, 2.05) is 31.0 Å². The highest BCUT2D eigenvalue weighted by Gasteiger charge is 2.18. The van der Waals surface area contributed by atoms with Gasteiger partial charge in [0.2, 0.25) is 0 Å². The molecule has 2 heterocycles. The zero-order valence-electron chi connectivity index (χ0n) is 12.7. The molecule has 3 rings (SSSR count). The topological polar surface area (TPSA) is 42.7 Å². The van der Waals surface area contributed by atoms with E-state index in [1.165, 1.54) is 11.1 Å². The maximum atomic E-state index is 4.55. The molecule has 0 fully saturated rings. The third-order valence-corrected chi connectivity index (χ3v) is 3.83. The summed E-state index contributed by atoms with van der Waals surface area (Å²) in [5, 5.41) is 9.13. The van der Waals surface area contributed by atoms with Gasteiger partial charge in [-0.3, -0.25) is 9.67 Å². The summed E-state index contributed by atoms with van der Waals surface area (Å²) in [4.78, 5) is 4.38. The summed E-state index contributed by atoms with van der Waals surface area (Å²) in [6, 6.07) is 10.7. The lowest BCUT2D eigenvalue weighted by Crippen LogP contribution is -2.18. The van der Waals surface area contributed by atoms with Crippen LogP contribution in [0.25, 0.3) is 10.9 Å². The van der Waals surface area contributed by atoms with Crippen LogP contribution in [0.3, 0.4) is 0 Å². The van der Waals surface area contributed by atoms with Crippen LogP contribution in [0.15, 0.2) is 42.7 Å². The number of hydrogen-bond acceptors (Lipinski definition) is 3. The number of aromatic nitrogens is 3. The number of rotatable bonds is 4. The normalized spacial score (nSPS) is 12.7. The number of aryl methyl sites for hydroxylation is 2. The Kier molecular flexibility index (Phi) is 3.71. The molecule has 3 aromatic rings. The second-order valence-corrected chi connectivity index (χ2v) is 5.24. The Morgan fingerprint density at radius 3 is 2.90 bits per heavy atom. The van der Waals surface area contributed by atoms with E-state index >= 15 is 0 Å². The molecular formula is C17H20N4. The van der Waals surface area contributed by atoms with Gasteiger partial charge in [-0.15, -0.1) is 0 Å². The van der Waals surface area contributed by atoms with Crippen LogP contribution in [0, 0.1) is 0 Å². The monoisotopic (exact) mass is 280 g/mol. The number of nitrogens with zero attached hydrogens (tertiary/aromatic N) is 3. The van der Waals surface area contributed by atoms with Crippen molar-refractivity contribution in [3.63, 3.8) is 0 Å². The molecule has 0 aliphatic rings. The van der Waals surface area contributed by atoms with Gasteiger partial charge in [0, 0.05) is 30.4 Å². The molecule has 1 N–H and O–H groups in total. The Morgan fingerprint density at radius 1 is 1.29 bits per heavy atom. The first-order valence-electron chi connectivity index (χ1n) is 7.27. The highest BCUT2D eigenvalue weighted by molar-refractivity contribution is 5.79. The molecule has 0 radical (unpaired) electrons. The lowest BCUT2D eigenvalue weighted by molar-refractivity contribution is 0.684. The van der Waals surface area contributed by atoms with Gasteiger partial charge in [-0.1, -0.05) is 19.1 Å². The van der Waals surface area contributed by atoms with Gasteiger partial charge in [-0.05, 0) is 37.2 Å². The molecule has 0 aliphatic heterocycles. The minimum atomic E-state index is 0.151. The zero-order valence-corrected chi connectivity index (χ0v) is 12.7. The molecule has 0 aliphatic carbocycles. The third-order valence-electron chi connectivity index (χ3n) is 3.83. The first-order chi connectivity index (χ1) is 10.2. The van der Waals surface area contributed by atoms with Crippen LogP contribution in [0.1, 0.15) is 29.8 Å². The van der Waals surface area contributed by atoms with Gasteiger partial charge in [0.05, 0.1) is 17.3 Å². The molecular weight excluding hydrogens is 260 g/mol. The summed E-state index contributed by atoms with van der Waals surface area (Å²) in [5.74, 6) is 0. The highest BCUT2D eigenvalue weighted by atomic mass is 15.3. The molecule has 4 heteroatoms. The summed E-state index contributed by atoms with van der Waals surface area (Å²) in [5.41, 5.74) is 4.65. The fraction of sp³-hybridized carbons (Fsp3) is 0.294. The highest BCUT2D eigenvalue weighted by Crippen LogP contribution is 2.26. The van der Waals surface area contributed by atoms with E-state index in [4.69, 9.17) is 0 Å². The maximum Gasteiger partial charge on any atom is 0.0702 e. The number of fused-ring (bicyclic) bond motifs is 1. The molecule has 1 unspecified atom stereocenters. The molecule has 0 spiro atoms. The van der Waals surface area contributed by atoms with Crippen LogP contribution in [-0.4, -0.2) is 21.8 Å². The Labute approximate surface area is 124 Å². The number of hydrogen-bond donors (Lipinski definition) is 1. The quantitative estimate of drug-likeness (QED) is 0.799. The van der Waals surface area contributed by atoms with Crippen molar-refractivity contribution in [2.75, 3.05) is 7.05 Å². The molecule has 21 heavy (non-hydrogen) atoms. The minimum Gasteiger partial charge on any atom is -0.309 e. The molecule has 2 aromatic heterocycles. The smallest absolute Gasteiger partial charge is 0.0702 e. The van der Waals surface area contributed by atoms with Crippen LogP contribution < -0.4 is 5.32 Å². The fourth-order valence-electron chi connectivity index (χ4n) is 2.84. The predicted octanol–water partition coefficient (Wildman–Crippen LogP) is 2.84. The van der Waals surface area contributed by atoms with Crippen LogP contribution in [-0.2, 0) is 13.5 Å². The van der Waals surface area contributed by atoms with Gasteiger partial charge < -0.3 is 5.32 Å². The maximum absolute atomic E-state index is 4.55. The van der Waals surface area contributed by atoms with E-state index in [2.05, 4.69) is 52.8 Å². The summed E-state index contributed by atoms with van der Waals surface area (Å²) in [6.07, 6.45) is 4.87. The summed E-state index contributed by atoms with van der Waals surface area (Å²) in [7, 11) is 3.96. The molecule has 0 saturated heterocycles. The fourth-order valence-corrected chi connectivity index (χ4v) is 2.84. The lowest BCUT2D eigenvalue weighted by Gasteiger charge is -2.17. The molecule has 4 nitrogen and oxygen atoms in total. The Morgan fingerprint density at radius 2 is 2.14 bits per heavy atom. The van der Waals surface area contributed by atoms with Crippen molar-refractivity contribution in [1.82, 2.24) is 20.1 Å². The van der Waals surface area contributed by atoms with Crippen molar-refractivity contribution in [2.45, 2.75) is 19.4 Å². The summed E-state index contributed by atoms with van der Waals surface area (Å²) < 4.78 is 1.89. The van der Waals surface area contributed by atoms with Crippen molar-refractivity contribution < 1.29 is 0 Å². The van der Waals surface area contributed by atoms with E-state index < -0.39 is 0 Å². The van der Waals surface area contributed by atoms with E-state index in [-0.39, 0.29) is 6.04 Å². The van der Waals surface area contributed by atoms with Crippen molar-refractivity contribution in [1.29, 1.82) is 0 Å². The van der Waals surface area contributed by atoms with E-state index in [9.17, 15) is 0 Å². The summed E-state index contributed by atoms with van der Waals surface area (Å²) in [6.45, 7) is 2.14. The molecule has 0 saturated carbocycles. The molecule has 1 atom stereocenters. The first kappa shape index (κ1) is 13.8. The van der Waals surface area contributed by atoms with E-state index in [0.29, 0.717) is 0 Å². The average Bonchev–Trinajstić information content (AvgIpc) is 2.89. The average molecular weight is 280 g/mol. The standard InChI is InChI=1S/C17H20N4/c1-4-15-14(11-21(3)20-15)17(18-2)13-7-8-16-12(10-13)6-5-9-19-16/h5-11,17-18H,4H2,1-3H3. The van der Waals surface area contributed by atoms with E-state index in [0.717, 1.165) is 23.0 Å². The molecule has 108 valence electrons. The van der Waals surface area contributed by atoms with Crippen LogP contribution in [0.4, 0.5) is 0 Å². The van der Waals surface area contributed by atoms with Crippen molar-refractivity contribution in [2.24, 2.45) is 7.05 Å². The Bertz CT molecular complexity index is 760. The first-order valence-corrected chi connectivity index (χ1v) is 7.27. The van der Waals surface area contributed by atoms with Gasteiger partial charge in [0.15, 0.2) is 0 Å². The Balaban J connectivity index is 2.08. The lowest BCUT2D eigenvalue weighted by atomic mass is 9.97. The second kappa shape index (κ2) is 5.66. The van der Waals surface area contributed by atoms with Crippen molar-refractivity contribution in [3.8, 4) is 0 Å². The van der Waals surface area contributed by atoms with Crippen molar-refractivity contribution in [3.05, 3.63) is 59.5 Å². The van der Waals surface area contributed by atoms with Gasteiger partial charge in [0.1, 0.15) is 0 Å². The van der Waals surface area contributed by atoms with Crippen LogP contribution in [0.2, 0.25) is 0 Å². The summed E-state index contributed by atoms with van der Waals surface area (Å²) >= 11 is 0. The third kappa shape index (κ3) is 2.54. The Hall–Kier alpha value is -2.20. The number of benzene rings is 1. The predicted molar refractivity (Wildman–Crippen MR) is 85.2 cm³/mol. The number of nitrogens with one attached hydrogen (secondary N) is 1. The minimum absolute atomic E-state index is 0.151. The van der Waals surface area contributed by atoms with Crippen molar-refractivity contribution >= 4 is 10.9 Å². The van der Waals surface area contributed by atoms with Gasteiger partial charge in [-0.2, -0.15) is 5.10 Å².